The SMILES string of the molecule is O=C(OCC1c2ccccc2-c2ccccc21)O[C@H]1[C@@H](OCc2ccccc2)[C@@H](COCc2ccccc2)O[C@@H](O[C@H]2[C@H](OCc3ccccc3)[C@@H](OCc3ccccc3)[C@H](O)O[C@@H]2COCc2ccccc2)[C@@H]1OCc1ccccc1. The molecule has 0 saturated carbocycles. The van der Waals surface area contributed by atoms with Crippen molar-refractivity contribution in [2.75, 3.05) is 19.8 Å². The maximum Gasteiger partial charge on any atom is 0.508 e. The molecule has 13 heteroatoms. The van der Waals surface area contributed by atoms with Crippen LogP contribution in [-0.4, -0.2) is 92.5 Å². The zero-order valence-electron chi connectivity index (χ0n) is 45.5. The molecule has 10 atom stereocenters. The second-order valence-electron chi connectivity index (χ2n) is 20.6. The molecule has 11 rings (SSSR count). The summed E-state index contributed by atoms with van der Waals surface area (Å²) in [6.45, 7) is 0.852. The number of aliphatic hydroxyl groups is 1. The normalized spacial score (nSPS) is 23.1. The van der Waals surface area contributed by atoms with E-state index in [1.54, 1.807) is 0 Å². The van der Waals surface area contributed by atoms with Gasteiger partial charge in [-0.1, -0.05) is 231 Å². The quantitative estimate of drug-likeness (QED) is 0.0544. The van der Waals surface area contributed by atoms with Crippen molar-refractivity contribution < 1.29 is 62.0 Å². The van der Waals surface area contributed by atoms with Gasteiger partial charge in [0.25, 0.3) is 0 Å². The Bertz CT molecular complexity index is 3130. The standard InChI is InChI=1S/C69H68O13/c70-67-65(76-43-52-31-15-5-16-32-52)63(75-42-51-29-13-4-14-30-51)62(60(79-67)47-73-40-49-25-9-2-10-26-49)81-68-66(77-44-53-33-17-6-18-34-53)64(82-69(71)78-45-58-56-37-21-19-35-54(56)55-36-20-22-38-57(55)58)61(74-41-50-27-11-3-12-28-50)59(80-68)46-72-39-48-23-7-1-8-24-48/h1-38,58-68,70H,39-47H2/t59-,60-,61+,62-,63+,64+,65-,66-,67-,68+/m1/s1. The minimum atomic E-state index is -1.48. The third-order valence-electron chi connectivity index (χ3n) is 15.0. The summed E-state index contributed by atoms with van der Waals surface area (Å²) in [6, 6.07) is 74.8. The molecular weight excluding hydrogens is 1040 g/mol. The number of hydrogen-bond donors (Lipinski definition) is 1. The van der Waals surface area contributed by atoms with E-state index in [0.29, 0.717) is 0 Å². The van der Waals surface area contributed by atoms with Gasteiger partial charge in [-0.25, -0.2) is 4.79 Å². The molecule has 422 valence electrons. The molecule has 0 amide bonds. The molecule has 2 heterocycles. The molecule has 2 fully saturated rings. The van der Waals surface area contributed by atoms with Crippen LogP contribution in [0.4, 0.5) is 4.79 Å². The number of ether oxygens (including phenoxy) is 11. The van der Waals surface area contributed by atoms with Crippen LogP contribution in [0.2, 0.25) is 0 Å². The number of hydrogen-bond acceptors (Lipinski definition) is 13. The van der Waals surface area contributed by atoms with Crippen LogP contribution in [0.15, 0.2) is 231 Å². The van der Waals surface area contributed by atoms with Crippen molar-refractivity contribution in [1.29, 1.82) is 0 Å². The van der Waals surface area contributed by atoms with E-state index in [4.69, 9.17) is 52.1 Å². The molecule has 0 spiro atoms. The van der Waals surface area contributed by atoms with Crippen LogP contribution in [0, 0.1) is 0 Å². The number of carbonyl (C=O) groups is 1. The van der Waals surface area contributed by atoms with Gasteiger partial charge in [-0.05, 0) is 55.6 Å². The van der Waals surface area contributed by atoms with Crippen LogP contribution >= 0.6 is 0 Å². The summed E-state index contributed by atoms with van der Waals surface area (Å²) in [4.78, 5) is 14.8. The highest BCUT2D eigenvalue weighted by molar-refractivity contribution is 5.79. The van der Waals surface area contributed by atoms with E-state index in [-0.39, 0.29) is 65.4 Å². The summed E-state index contributed by atoms with van der Waals surface area (Å²) >= 11 is 0. The topological polar surface area (TPSA) is 139 Å². The summed E-state index contributed by atoms with van der Waals surface area (Å²) < 4.78 is 74.5. The molecular formula is C69H68O13. The Kier molecular flexibility index (Phi) is 19.7. The maximum absolute atomic E-state index is 14.8. The Balaban J connectivity index is 0.970. The average Bonchev–Trinajstić information content (AvgIpc) is 4.02. The first-order valence-corrected chi connectivity index (χ1v) is 28.0. The van der Waals surface area contributed by atoms with Crippen molar-refractivity contribution in [2.24, 2.45) is 0 Å². The molecule has 8 aromatic carbocycles. The van der Waals surface area contributed by atoms with Gasteiger partial charge < -0.3 is 57.2 Å². The third kappa shape index (κ3) is 14.6. The highest BCUT2D eigenvalue weighted by Gasteiger charge is 2.55. The predicted octanol–water partition coefficient (Wildman–Crippen LogP) is 11.9. The molecule has 1 aliphatic carbocycles. The Morgan fingerprint density at radius 2 is 0.732 bits per heavy atom. The van der Waals surface area contributed by atoms with Crippen molar-refractivity contribution in [1.82, 2.24) is 0 Å². The van der Waals surface area contributed by atoms with E-state index in [1.165, 1.54) is 0 Å². The Morgan fingerprint density at radius 1 is 0.366 bits per heavy atom. The van der Waals surface area contributed by atoms with Crippen LogP contribution < -0.4 is 0 Å². The van der Waals surface area contributed by atoms with Gasteiger partial charge in [-0.3, -0.25) is 0 Å². The predicted molar refractivity (Wildman–Crippen MR) is 307 cm³/mol. The van der Waals surface area contributed by atoms with Crippen LogP contribution in [0.5, 0.6) is 0 Å². The van der Waals surface area contributed by atoms with Gasteiger partial charge in [0.2, 0.25) is 0 Å². The molecule has 1 N–H and O–H groups in total. The van der Waals surface area contributed by atoms with Crippen LogP contribution in [0.25, 0.3) is 11.1 Å². The highest BCUT2D eigenvalue weighted by atomic mass is 16.8. The minimum Gasteiger partial charge on any atom is -0.433 e. The summed E-state index contributed by atoms with van der Waals surface area (Å²) in [5.74, 6) is -0.243. The molecule has 82 heavy (non-hydrogen) atoms. The van der Waals surface area contributed by atoms with Gasteiger partial charge in [0.05, 0.1) is 52.9 Å². The first kappa shape index (κ1) is 56.5. The van der Waals surface area contributed by atoms with Crippen LogP contribution in [0.1, 0.15) is 50.4 Å². The van der Waals surface area contributed by atoms with Crippen LogP contribution in [0.3, 0.4) is 0 Å². The first-order valence-electron chi connectivity index (χ1n) is 28.0. The Labute approximate surface area is 479 Å². The van der Waals surface area contributed by atoms with Crippen molar-refractivity contribution >= 4 is 6.16 Å². The number of rotatable bonds is 25. The van der Waals surface area contributed by atoms with E-state index in [0.717, 1.165) is 55.6 Å². The zero-order valence-corrected chi connectivity index (χ0v) is 45.5. The number of fused-ring (bicyclic) bond motifs is 3. The lowest BCUT2D eigenvalue weighted by atomic mass is 9.96. The Morgan fingerprint density at radius 3 is 1.18 bits per heavy atom. The van der Waals surface area contributed by atoms with E-state index < -0.39 is 67.6 Å². The van der Waals surface area contributed by atoms with Crippen molar-refractivity contribution in [3.05, 3.63) is 275 Å². The summed E-state index contributed by atoms with van der Waals surface area (Å²) in [7, 11) is 0. The second kappa shape index (κ2) is 28.6. The van der Waals surface area contributed by atoms with Gasteiger partial charge in [-0.15, -0.1) is 0 Å². The lowest BCUT2D eigenvalue weighted by Gasteiger charge is -2.49. The number of aliphatic hydroxyl groups excluding tert-OH is 1. The van der Waals surface area contributed by atoms with Crippen LogP contribution in [-0.2, 0) is 91.7 Å². The van der Waals surface area contributed by atoms with E-state index >= 15 is 0 Å². The first-order chi connectivity index (χ1) is 40.5. The van der Waals surface area contributed by atoms with Gasteiger partial charge in [0.15, 0.2) is 18.7 Å². The zero-order chi connectivity index (χ0) is 55.7. The van der Waals surface area contributed by atoms with Gasteiger partial charge >= 0.3 is 6.16 Å². The van der Waals surface area contributed by atoms with E-state index in [2.05, 4.69) is 24.3 Å². The fraction of sp³-hybridized carbons (Fsp3) is 0.290. The molecule has 13 nitrogen and oxygen atoms in total. The molecule has 8 aromatic rings. The Hall–Kier alpha value is -7.37. The molecule has 0 bridgehead atoms. The smallest absolute Gasteiger partial charge is 0.433 e. The van der Waals surface area contributed by atoms with Crippen molar-refractivity contribution in [2.45, 2.75) is 107 Å². The fourth-order valence-electron chi connectivity index (χ4n) is 10.9. The van der Waals surface area contributed by atoms with E-state index in [9.17, 15) is 9.90 Å². The lowest BCUT2D eigenvalue weighted by Crippen LogP contribution is -2.66. The highest BCUT2D eigenvalue weighted by Crippen LogP contribution is 2.45. The minimum absolute atomic E-state index is 0.00189. The lowest BCUT2D eigenvalue weighted by molar-refractivity contribution is -0.371. The maximum atomic E-state index is 14.8. The molecule has 0 radical (unpaired) electrons. The second-order valence-corrected chi connectivity index (χ2v) is 20.6. The molecule has 2 saturated heterocycles. The summed E-state index contributed by atoms with van der Waals surface area (Å²) in [5, 5.41) is 12.1. The molecule has 0 unspecified atom stereocenters. The van der Waals surface area contributed by atoms with Gasteiger partial charge in [0, 0.05) is 5.92 Å². The third-order valence-corrected chi connectivity index (χ3v) is 15.0. The van der Waals surface area contributed by atoms with Crippen molar-refractivity contribution in [3.63, 3.8) is 0 Å². The van der Waals surface area contributed by atoms with Gasteiger partial charge in [-0.2, -0.15) is 0 Å². The molecule has 3 aliphatic rings. The molecule has 0 aromatic heterocycles. The van der Waals surface area contributed by atoms with Gasteiger partial charge in [0.1, 0.15) is 49.3 Å². The fourth-order valence-corrected chi connectivity index (χ4v) is 10.9. The molecule has 2 aliphatic heterocycles. The monoisotopic (exact) mass is 1100 g/mol. The van der Waals surface area contributed by atoms with E-state index in [1.807, 2.05) is 206 Å². The average molecular weight is 1110 g/mol. The summed E-state index contributed by atoms with van der Waals surface area (Å²) in [6.07, 6.45) is -12.4. The number of carbonyl (C=O) groups excluding carboxylic acids is 1. The largest absolute Gasteiger partial charge is 0.508 e. The summed E-state index contributed by atoms with van der Waals surface area (Å²) in [5.41, 5.74) is 9.64. The number of benzene rings is 8. The van der Waals surface area contributed by atoms with Crippen molar-refractivity contribution in [3.8, 4) is 11.1 Å².